The lowest BCUT2D eigenvalue weighted by molar-refractivity contribution is -0.140. The molecule has 0 aromatic rings. The number of carbonyl (C=O) groups is 1. The molecule has 3 atom stereocenters. The molecule has 0 saturated carbocycles. The third-order valence-corrected chi connectivity index (χ3v) is 5.86. The molecular formula is C18H34N2O3. The summed E-state index contributed by atoms with van der Waals surface area (Å²) in [6, 6.07) is -0.0177. The van der Waals surface area contributed by atoms with E-state index in [0.29, 0.717) is 25.0 Å². The Labute approximate surface area is 141 Å². The highest BCUT2D eigenvalue weighted by atomic mass is 16.5. The number of likely N-dealkylation sites (tertiary alicyclic amines) is 1. The van der Waals surface area contributed by atoms with Crippen molar-refractivity contribution in [2.24, 2.45) is 17.8 Å². The predicted molar refractivity (Wildman–Crippen MR) is 91.2 cm³/mol. The summed E-state index contributed by atoms with van der Waals surface area (Å²) >= 11 is 0. The molecule has 2 aliphatic rings. The molecule has 0 aromatic carbocycles. The van der Waals surface area contributed by atoms with Gasteiger partial charge in [-0.05, 0) is 37.8 Å². The first-order valence-corrected chi connectivity index (χ1v) is 9.37. The van der Waals surface area contributed by atoms with E-state index in [-0.39, 0.29) is 24.5 Å². The van der Waals surface area contributed by atoms with Gasteiger partial charge >= 0.3 is 0 Å². The molecule has 0 radical (unpaired) electrons. The van der Waals surface area contributed by atoms with Gasteiger partial charge in [0.05, 0.1) is 12.6 Å². The van der Waals surface area contributed by atoms with Gasteiger partial charge in [-0.2, -0.15) is 0 Å². The number of hydrogen-bond acceptors (Lipinski definition) is 4. The van der Waals surface area contributed by atoms with Crippen LogP contribution in [-0.4, -0.2) is 72.9 Å². The second-order valence-electron chi connectivity index (χ2n) is 6.95. The van der Waals surface area contributed by atoms with Crippen LogP contribution in [0.2, 0.25) is 0 Å². The molecule has 134 valence electrons. The van der Waals surface area contributed by atoms with Crippen molar-refractivity contribution in [2.45, 2.75) is 46.1 Å². The highest BCUT2D eigenvalue weighted by Crippen LogP contribution is 2.34. The van der Waals surface area contributed by atoms with Gasteiger partial charge in [0.25, 0.3) is 0 Å². The molecule has 0 unspecified atom stereocenters. The average molecular weight is 326 g/mol. The number of nitrogens with zero attached hydrogens (tertiary/aromatic N) is 2. The molecule has 2 rings (SSSR count). The van der Waals surface area contributed by atoms with E-state index >= 15 is 0 Å². The van der Waals surface area contributed by atoms with E-state index in [0.717, 1.165) is 45.4 Å². The summed E-state index contributed by atoms with van der Waals surface area (Å²) in [5, 5.41) is 9.99. The maximum Gasteiger partial charge on any atom is 0.226 e. The number of aliphatic hydroxyl groups is 1. The van der Waals surface area contributed by atoms with Crippen LogP contribution in [0.3, 0.4) is 0 Å². The number of hydrogen-bond donors (Lipinski definition) is 1. The van der Waals surface area contributed by atoms with Crippen molar-refractivity contribution in [1.82, 2.24) is 9.80 Å². The first-order chi connectivity index (χ1) is 11.2. The molecule has 5 nitrogen and oxygen atoms in total. The Balaban J connectivity index is 2.09. The van der Waals surface area contributed by atoms with Crippen molar-refractivity contribution in [3.63, 3.8) is 0 Å². The van der Waals surface area contributed by atoms with Crippen LogP contribution in [0.15, 0.2) is 0 Å². The number of carbonyl (C=O) groups excluding carboxylic acids is 1. The van der Waals surface area contributed by atoms with Crippen LogP contribution >= 0.6 is 0 Å². The molecule has 1 N–H and O–H groups in total. The Kier molecular flexibility index (Phi) is 7.31. The molecule has 1 amide bonds. The molecule has 2 fully saturated rings. The minimum absolute atomic E-state index is 0.0177. The standard InChI is InChI=1S/C18H34N2O3/c1-4-14-11-20(18(22)15-7-9-23-10-8-15)17(13-21)16(14)12-19(5-2)6-3/h14-17,21H,4-13H2,1-3H3/t14-,16-,17-/m1/s1. The molecule has 2 heterocycles. The molecule has 0 aromatic heterocycles. The number of aliphatic hydroxyl groups excluding tert-OH is 1. The van der Waals surface area contributed by atoms with Crippen LogP contribution in [-0.2, 0) is 9.53 Å². The highest BCUT2D eigenvalue weighted by molar-refractivity contribution is 5.79. The summed E-state index contributed by atoms with van der Waals surface area (Å²) in [6.45, 7) is 11.9. The van der Waals surface area contributed by atoms with Crippen LogP contribution in [0.25, 0.3) is 0 Å². The fraction of sp³-hybridized carbons (Fsp3) is 0.944. The molecule has 23 heavy (non-hydrogen) atoms. The van der Waals surface area contributed by atoms with Crippen molar-refractivity contribution in [3.8, 4) is 0 Å². The fourth-order valence-electron chi connectivity index (χ4n) is 4.22. The van der Waals surface area contributed by atoms with E-state index < -0.39 is 0 Å². The van der Waals surface area contributed by atoms with E-state index in [1.807, 2.05) is 4.90 Å². The smallest absolute Gasteiger partial charge is 0.226 e. The summed E-state index contributed by atoms with van der Waals surface area (Å²) in [4.78, 5) is 17.4. The fourth-order valence-corrected chi connectivity index (χ4v) is 4.22. The maximum absolute atomic E-state index is 12.9. The van der Waals surface area contributed by atoms with Gasteiger partial charge in [-0.3, -0.25) is 4.79 Å². The second-order valence-corrected chi connectivity index (χ2v) is 6.95. The van der Waals surface area contributed by atoms with Crippen LogP contribution in [0, 0.1) is 17.8 Å². The number of rotatable bonds is 7. The maximum atomic E-state index is 12.9. The summed E-state index contributed by atoms with van der Waals surface area (Å²) in [6.07, 6.45) is 2.72. The summed E-state index contributed by atoms with van der Waals surface area (Å²) in [7, 11) is 0. The Hall–Kier alpha value is -0.650. The lowest BCUT2D eigenvalue weighted by Crippen LogP contribution is -2.46. The van der Waals surface area contributed by atoms with Gasteiger partial charge in [0, 0.05) is 32.2 Å². The van der Waals surface area contributed by atoms with Crippen LogP contribution < -0.4 is 0 Å². The summed E-state index contributed by atoms with van der Waals surface area (Å²) in [5.41, 5.74) is 0. The lowest BCUT2D eigenvalue weighted by Gasteiger charge is -2.33. The van der Waals surface area contributed by atoms with E-state index in [1.165, 1.54) is 0 Å². The second kappa shape index (κ2) is 9.00. The third-order valence-electron chi connectivity index (χ3n) is 5.86. The number of amides is 1. The lowest BCUT2D eigenvalue weighted by atomic mass is 9.88. The van der Waals surface area contributed by atoms with E-state index in [9.17, 15) is 9.90 Å². The minimum Gasteiger partial charge on any atom is -0.394 e. The zero-order chi connectivity index (χ0) is 16.8. The Morgan fingerprint density at radius 2 is 1.87 bits per heavy atom. The summed E-state index contributed by atoms with van der Waals surface area (Å²) in [5.74, 6) is 1.21. The van der Waals surface area contributed by atoms with Gasteiger partial charge in [-0.15, -0.1) is 0 Å². The van der Waals surface area contributed by atoms with E-state index in [2.05, 4.69) is 25.7 Å². The average Bonchev–Trinajstić information content (AvgIpc) is 2.96. The minimum atomic E-state index is -0.0177. The molecule has 0 spiro atoms. The topological polar surface area (TPSA) is 53.0 Å². The molecular weight excluding hydrogens is 292 g/mol. The van der Waals surface area contributed by atoms with Crippen LogP contribution in [0.4, 0.5) is 0 Å². The highest BCUT2D eigenvalue weighted by Gasteiger charge is 2.44. The van der Waals surface area contributed by atoms with Gasteiger partial charge in [-0.25, -0.2) is 0 Å². The number of ether oxygens (including phenoxy) is 1. The molecule has 2 saturated heterocycles. The Bertz CT molecular complexity index is 367. The largest absolute Gasteiger partial charge is 0.394 e. The first kappa shape index (κ1) is 18.7. The monoisotopic (exact) mass is 326 g/mol. The van der Waals surface area contributed by atoms with Gasteiger partial charge in [-0.1, -0.05) is 27.2 Å². The molecule has 0 aliphatic carbocycles. The van der Waals surface area contributed by atoms with Gasteiger partial charge in [0.15, 0.2) is 0 Å². The normalized spacial score (nSPS) is 29.4. The van der Waals surface area contributed by atoms with Gasteiger partial charge in [0.1, 0.15) is 0 Å². The Morgan fingerprint density at radius 3 is 2.39 bits per heavy atom. The van der Waals surface area contributed by atoms with Crippen LogP contribution in [0.1, 0.15) is 40.0 Å². The van der Waals surface area contributed by atoms with Gasteiger partial charge < -0.3 is 19.6 Å². The third kappa shape index (κ3) is 4.25. The zero-order valence-corrected chi connectivity index (χ0v) is 15.0. The summed E-state index contributed by atoms with van der Waals surface area (Å²) < 4.78 is 5.38. The van der Waals surface area contributed by atoms with Crippen LogP contribution in [0.5, 0.6) is 0 Å². The quantitative estimate of drug-likeness (QED) is 0.772. The van der Waals surface area contributed by atoms with Crippen molar-refractivity contribution in [1.29, 1.82) is 0 Å². The van der Waals surface area contributed by atoms with E-state index in [1.54, 1.807) is 0 Å². The Morgan fingerprint density at radius 1 is 1.22 bits per heavy atom. The predicted octanol–water partition coefficient (Wildman–Crippen LogP) is 1.60. The van der Waals surface area contributed by atoms with Crippen molar-refractivity contribution in [2.75, 3.05) is 46.0 Å². The molecule has 5 heteroatoms. The zero-order valence-electron chi connectivity index (χ0n) is 15.0. The molecule has 0 bridgehead atoms. The SMILES string of the molecule is CC[C@@H]1CN(C(=O)C2CCOCC2)[C@H](CO)[C@@H]1CN(CC)CC. The van der Waals surface area contributed by atoms with Crippen molar-refractivity contribution in [3.05, 3.63) is 0 Å². The first-order valence-electron chi connectivity index (χ1n) is 9.37. The van der Waals surface area contributed by atoms with Crippen molar-refractivity contribution < 1.29 is 14.6 Å². The molecule has 2 aliphatic heterocycles. The van der Waals surface area contributed by atoms with E-state index in [4.69, 9.17) is 4.74 Å². The van der Waals surface area contributed by atoms with Gasteiger partial charge in [0.2, 0.25) is 5.91 Å². The van der Waals surface area contributed by atoms with Crippen molar-refractivity contribution >= 4 is 5.91 Å².